The Hall–Kier alpha value is -7.26. The van der Waals surface area contributed by atoms with Crippen molar-refractivity contribution in [2.75, 3.05) is 16.0 Å². The van der Waals surface area contributed by atoms with Crippen molar-refractivity contribution in [2.24, 2.45) is 0 Å². The van der Waals surface area contributed by atoms with Crippen LogP contribution in [0.2, 0.25) is 0 Å². The van der Waals surface area contributed by atoms with Gasteiger partial charge in [0.2, 0.25) is 0 Å². The molecule has 3 heterocycles. The molecule has 9 nitrogen and oxygen atoms in total. The van der Waals surface area contributed by atoms with Crippen molar-refractivity contribution in [2.45, 2.75) is 20.8 Å². The predicted molar refractivity (Wildman–Crippen MR) is 214 cm³/mol. The van der Waals surface area contributed by atoms with Gasteiger partial charge in [0.15, 0.2) is 0 Å². The van der Waals surface area contributed by atoms with Gasteiger partial charge in [-0.25, -0.2) is 0 Å². The average molecular weight is 709 g/mol. The van der Waals surface area contributed by atoms with Crippen molar-refractivity contribution >= 4 is 34.8 Å². The van der Waals surface area contributed by atoms with Crippen molar-refractivity contribution in [3.05, 3.63) is 179 Å². The van der Waals surface area contributed by atoms with Crippen LogP contribution in [-0.2, 0) is 0 Å². The number of nitrogens with one attached hydrogen (secondary N) is 3. The van der Waals surface area contributed by atoms with E-state index in [4.69, 9.17) is 0 Å². The van der Waals surface area contributed by atoms with Crippen LogP contribution in [0.5, 0.6) is 0 Å². The van der Waals surface area contributed by atoms with E-state index in [0.29, 0.717) is 17.1 Å². The second-order valence-corrected chi connectivity index (χ2v) is 12.9. The highest BCUT2D eigenvalue weighted by atomic mass is 16.2. The molecule has 7 rings (SSSR count). The zero-order chi connectivity index (χ0) is 37.6. The third-order valence-electron chi connectivity index (χ3n) is 9.00. The van der Waals surface area contributed by atoms with Gasteiger partial charge in [-0.15, -0.1) is 0 Å². The van der Waals surface area contributed by atoms with E-state index in [2.05, 4.69) is 30.9 Å². The number of carbonyl (C=O) groups excluding carboxylic acids is 3. The summed E-state index contributed by atoms with van der Waals surface area (Å²) < 4.78 is 0. The fourth-order valence-electron chi connectivity index (χ4n) is 6.13. The number of aromatic nitrogens is 3. The molecule has 0 bridgehead atoms. The molecule has 0 atom stereocenters. The van der Waals surface area contributed by atoms with Gasteiger partial charge in [-0.1, -0.05) is 54.6 Å². The van der Waals surface area contributed by atoms with Gasteiger partial charge < -0.3 is 16.0 Å². The van der Waals surface area contributed by atoms with Crippen LogP contribution in [0.4, 0.5) is 17.1 Å². The van der Waals surface area contributed by atoms with Crippen LogP contribution in [-0.4, -0.2) is 32.7 Å². The zero-order valence-corrected chi connectivity index (χ0v) is 29.9. The number of nitrogens with zero attached hydrogens (tertiary/aromatic N) is 3. The molecule has 0 aliphatic carbocycles. The number of hydrogen-bond donors (Lipinski definition) is 3. The van der Waals surface area contributed by atoms with Gasteiger partial charge in [0.25, 0.3) is 17.7 Å². The molecule has 0 aliphatic rings. The van der Waals surface area contributed by atoms with Gasteiger partial charge in [0.1, 0.15) is 0 Å². The van der Waals surface area contributed by atoms with Crippen LogP contribution in [0, 0.1) is 20.8 Å². The first-order valence-electron chi connectivity index (χ1n) is 17.4. The first kappa shape index (κ1) is 35.2. The molecule has 0 radical (unpaired) electrons. The first-order valence-corrected chi connectivity index (χ1v) is 17.4. The smallest absolute Gasteiger partial charge is 0.255 e. The van der Waals surface area contributed by atoms with E-state index in [-0.39, 0.29) is 16.7 Å². The van der Waals surface area contributed by atoms with Crippen molar-refractivity contribution in [1.82, 2.24) is 15.0 Å². The average Bonchev–Trinajstić information content (AvgIpc) is 3.19. The Labute approximate surface area is 313 Å². The fourth-order valence-corrected chi connectivity index (χ4v) is 6.13. The van der Waals surface area contributed by atoms with Crippen molar-refractivity contribution in [3.8, 4) is 33.8 Å². The molecular formula is C45H36N6O3. The van der Waals surface area contributed by atoms with E-state index in [1.807, 2.05) is 93.6 Å². The summed E-state index contributed by atoms with van der Waals surface area (Å²) in [5.41, 5.74) is 10.5. The quantitative estimate of drug-likeness (QED) is 0.137. The van der Waals surface area contributed by atoms with E-state index < -0.39 is 17.7 Å². The highest BCUT2D eigenvalue weighted by Gasteiger charge is 2.18. The topological polar surface area (TPSA) is 126 Å². The van der Waals surface area contributed by atoms with E-state index in [1.165, 1.54) is 18.2 Å². The van der Waals surface area contributed by atoms with Crippen LogP contribution in [0.3, 0.4) is 0 Å². The van der Waals surface area contributed by atoms with Gasteiger partial charge in [-0.2, -0.15) is 0 Å². The Morgan fingerprint density at radius 1 is 0.389 bits per heavy atom. The summed E-state index contributed by atoms with van der Waals surface area (Å²) in [4.78, 5) is 54.5. The van der Waals surface area contributed by atoms with Crippen molar-refractivity contribution in [3.63, 3.8) is 0 Å². The molecule has 3 aromatic heterocycles. The molecule has 0 saturated heterocycles. The molecule has 7 aromatic rings. The van der Waals surface area contributed by atoms with Gasteiger partial charge in [0.05, 0.1) is 17.1 Å². The number of pyridine rings is 3. The van der Waals surface area contributed by atoms with Crippen LogP contribution >= 0.6 is 0 Å². The van der Waals surface area contributed by atoms with E-state index in [0.717, 1.165) is 50.5 Å². The summed E-state index contributed by atoms with van der Waals surface area (Å²) in [6, 6.07) is 38.1. The van der Waals surface area contributed by atoms with Crippen LogP contribution < -0.4 is 16.0 Å². The Bertz CT molecular complexity index is 2200. The summed E-state index contributed by atoms with van der Waals surface area (Å²) in [6.07, 6.45) is 5.22. The second kappa shape index (κ2) is 15.5. The summed E-state index contributed by atoms with van der Waals surface area (Å²) in [5, 5.41) is 8.70. The minimum Gasteiger partial charge on any atom is -0.322 e. The Balaban J connectivity index is 1.14. The summed E-state index contributed by atoms with van der Waals surface area (Å²) in [5.74, 6) is -1.44. The minimum absolute atomic E-state index is 0.138. The maximum absolute atomic E-state index is 13.7. The summed E-state index contributed by atoms with van der Waals surface area (Å²) in [6.45, 7) is 5.97. The number of anilines is 3. The molecule has 0 aliphatic heterocycles. The third-order valence-corrected chi connectivity index (χ3v) is 9.00. The molecule has 0 saturated carbocycles. The zero-order valence-electron chi connectivity index (χ0n) is 29.9. The Kier molecular flexibility index (Phi) is 10.1. The van der Waals surface area contributed by atoms with Gasteiger partial charge in [-0.3, -0.25) is 29.3 Å². The predicted octanol–water partition coefficient (Wildman–Crippen LogP) is 9.55. The minimum atomic E-state index is -0.481. The molecule has 264 valence electrons. The van der Waals surface area contributed by atoms with Crippen LogP contribution in [0.1, 0.15) is 47.8 Å². The van der Waals surface area contributed by atoms with Crippen LogP contribution in [0.25, 0.3) is 33.8 Å². The van der Waals surface area contributed by atoms with E-state index >= 15 is 0 Å². The molecule has 3 N–H and O–H groups in total. The molecule has 0 unspecified atom stereocenters. The second-order valence-electron chi connectivity index (χ2n) is 12.9. The van der Waals surface area contributed by atoms with Crippen molar-refractivity contribution < 1.29 is 14.4 Å². The highest BCUT2D eigenvalue weighted by Crippen LogP contribution is 2.26. The molecule has 3 amide bonds. The molecule has 4 aromatic carbocycles. The first-order chi connectivity index (χ1) is 26.2. The third kappa shape index (κ3) is 7.95. The molecule has 54 heavy (non-hydrogen) atoms. The standard InChI is InChI=1S/C45H36N6O3/c1-28-7-4-22-46-40(28)31-10-16-37(17-11-31)49-43(52)34-25-35(44(53)50-38-18-12-32(13-19-38)41-29(2)8-5-23-47-41)27-36(26-34)45(54)51-39-20-14-33(15-21-39)42-30(3)9-6-24-48-42/h4-27H,1-3H3,(H,49,52)(H,50,53)(H,51,54). The monoisotopic (exact) mass is 708 g/mol. The number of carbonyl (C=O) groups is 3. The lowest BCUT2D eigenvalue weighted by Crippen LogP contribution is -2.19. The van der Waals surface area contributed by atoms with Crippen LogP contribution in [0.15, 0.2) is 146 Å². The van der Waals surface area contributed by atoms with E-state index in [9.17, 15) is 14.4 Å². The number of amides is 3. The lowest BCUT2D eigenvalue weighted by molar-refractivity contribution is 0.102. The molecule has 0 fully saturated rings. The normalized spacial score (nSPS) is 10.7. The molecule has 0 spiro atoms. The summed E-state index contributed by atoms with van der Waals surface area (Å²) >= 11 is 0. The lowest BCUT2D eigenvalue weighted by atomic mass is 10.0. The maximum atomic E-state index is 13.7. The number of hydrogen-bond acceptors (Lipinski definition) is 6. The Morgan fingerprint density at radius 2 is 0.648 bits per heavy atom. The van der Waals surface area contributed by atoms with E-state index in [1.54, 1.807) is 55.0 Å². The number of benzene rings is 4. The van der Waals surface area contributed by atoms with Gasteiger partial charge in [-0.05, 0) is 110 Å². The summed E-state index contributed by atoms with van der Waals surface area (Å²) in [7, 11) is 0. The maximum Gasteiger partial charge on any atom is 0.255 e. The number of rotatable bonds is 9. The molecular weight excluding hydrogens is 673 g/mol. The SMILES string of the molecule is Cc1cccnc1-c1ccc(NC(=O)c2cc(C(=O)Nc3ccc(-c4ncccc4C)cc3)cc(C(=O)Nc3ccc(-c4ncccc4C)cc3)c2)cc1. The fraction of sp³-hybridized carbons (Fsp3) is 0.0667. The largest absolute Gasteiger partial charge is 0.322 e. The van der Waals surface area contributed by atoms with Gasteiger partial charge >= 0.3 is 0 Å². The van der Waals surface area contributed by atoms with Gasteiger partial charge in [0, 0.05) is 69.0 Å². The lowest BCUT2D eigenvalue weighted by Gasteiger charge is -2.13. The Morgan fingerprint density at radius 3 is 0.889 bits per heavy atom. The number of aryl methyl sites for hydroxylation is 3. The van der Waals surface area contributed by atoms with Crippen molar-refractivity contribution in [1.29, 1.82) is 0 Å². The highest BCUT2D eigenvalue weighted by molar-refractivity contribution is 6.13. The molecule has 9 heteroatoms.